The quantitative estimate of drug-likeness (QED) is 0.802. The van der Waals surface area contributed by atoms with Crippen LogP contribution in [0.2, 0.25) is 0 Å². The zero-order chi connectivity index (χ0) is 14.2. The predicted molar refractivity (Wildman–Crippen MR) is 83.0 cm³/mol. The van der Waals surface area contributed by atoms with Crippen molar-refractivity contribution in [1.82, 2.24) is 5.32 Å². The van der Waals surface area contributed by atoms with E-state index < -0.39 is 0 Å². The number of hydrogen-bond donors (Lipinski definition) is 2. The second kappa shape index (κ2) is 7.56. The monoisotopic (exact) mass is 288 g/mol. The van der Waals surface area contributed by atoms with Crippen LogP contribution in [0.15, 0.2) is 60.7 Å². The molecule has 0 spiro atoms. The topological polar surface area (TPSA) is 41.1 Å². The molecule has 104 valence electrons. The van der Waals surface area contributed by atoms with Crippen molar-refractivity contribution in [3.63, 3.8) is 0 Å². The van der Waals surface area contributed by atoms with Crippen LogP contribution in [0.25, 0.3) is 0 Å². The number of nitrogens with one attached hydrogen (secondary N) is 2. The summed E-state index contributed by atoms with van der Waals surface area (Å²) in [5.41, 5.74) is 2.13. The molecule has 2 rings (SSSR count). The molecule has 3 nitrogen and oxygen atoms in total. The van der Waals surface area contributed by atoms with Crippen LogP contribution < -0.4 is 10.6 Å². The normalized spacial score (nSPS) is 11.7. The summed E-state index contributed by atoms with van der Waals surface area (Å²) in [6.07, 6.45) is 0. The first-order valence-electron chi connectivity index (χ1n) is 6.49. The Morgan fingerprint density at radius 1 is 1.00 bits per heavy atom. The standard InChI is InChI=1S/C16H17ClN2O/c17-11-16(20)18-12-15(13-7-3-1-4-8-13)19-14-9-5-2-6-10-14/h1-10,15,19H,11-12H2,(H,18,20). The van der Waals surface area contributed by atoms with Gasteiger partial charge >= 0.3 is 0 Å². The lowest BCUT2D eigenvalue weighted by molar-refractivity contribution is -0.118. The van der Waals surface area contributed by atoms with Gasteiger partial charge in [0.25, 0.3) is 0 Å². The molecule has 0 aliphatic heterocycles. The Morgan fingerprint density at radius 2 is 1.60 bits per heavy atom. The Kier molecular flexibility index (Phi) is 5.44. The van der Waals surface area contributed by atoms with Gasteiger partial charge in [-0.25, -0.2) is 0 Å². The third-order valence-electron chi connectivity index (χ3n) is 2.94. The molecular weight excluding hydrogens is 272 g/mol. The number of para-hydroxylation sites is 1. The van der Waals surface area contributed by atoms with E-state index in [0.29, 0.717) is 6.54 Å². The fraction of sp³-hybridized carbons (Fsp3) is 0.188. The van der Waals surface area contributed by atoms with Crippen molar-refractivity contribution in [2.24, 2.45) is 0 Å². The molecule has 0 aliphatic carbocycles. The second-order valence-electron chi connectivity index (χ2n) is 4.41. The number of halogens is 1. The second-order valence-corrected chi connectivity index (χ2v) is 4.68. The molecule has 4 heteroatoms. The lowest BCUT2D eigenvalue weighted by atomic mass is 10.1. The highest BCUT2D eigenvalue weighted by Gasteiger charge is 2.12. The van der Waals surface area contributed by atoms with Gasteiger partial charge in [-0.15, -0.1) is 11.6 Å². The molecule has 1 unspecified atom stereocenters. The maximum atomic E-state index is 11.3. The number of hydrogen-bond acceptors (Lipinski definition) is 2. The summed E-state index contributed by atoms with van der Waals surface area (Å²) < 4.78 is 0. The Morgan fingerprint density at radius 3 is 2.20 bits per heavy atom. The fourth-order valence-corrected chi connectivity index (χ4v) is 2.03. The highest BCUT2D eigenvalue weighted by atomic mass is 35.5. The molecule has 0 saturated heterocycles. The van der Waals surface area contributed by atoms with Crippen molar-refractivity contribution in [2.45, 2.75) is 6.04 Å². The van der Waals surface area contributed by atoms with Gasteiger partial charge in [0.2, 0.25) is 5.91 Å². The molecule has 0 aromatic heterocycles. The van der Waals surface area contributed by atoms with E-state index in [4.69, 9.17) is 11.6 Å². The van der Waals surface area contributed by atoms with E-state index in [1.54, 1.807) is 0 Å². The molecule has 2 N–H and O–H groups in total. The highest BCUT2D eigenvalue weighted by molar-refractivity contribution is 6.27. The van der Waals surface area contributed by atoms with E-state index in [1.807, 2.05) is 60.7 Å². The van der Waals surface area contributed by atoms with Crippen LogP contribution in [-0.2, 0) is 4.79 Å². The number of alkyl halides is 1. The summed E-state index contributed by atoms with van der Waals surface area (Å²) in [5.74, 6) is -0.185. The van der Waals surface area contributed by atoms with Crippen molar-refractivity contribution >= 4 is 23.2 Å². The van der Waals surface area contributed by atoms with Gasteiger partial charge in [-0.05, 0) is 17.7 Å². The molecule has 20 heavy (non-hydrogen) atoms. The highest BCUT2D eigenvalue weighted by Crippen LogP contribution is 2.18. The average Bonchev–Trinajstić information content (AvgIpc) is 2.53. The van der Waals surface area contributed by atoms with Crippen molar-refractivity contribution in [1.29, 1.82) is 0 Å². The number of amides is 1. The van der Waals surface area contributed by atoms with E-state index >= 15 is 0 Å². The van der Waals surface area contributed by atoms with Crippen molar-refractivity contribution in [3.05, 3.63) is 66.2 Å². The van der Waals surface area contributed by atoms with Crippen molar-refractivity contribution in [2.75, 3.05) is 17.7 Å². The van der Waals surface area contributed by atoms with Crippen LogP contribution in [0, 0.1) is 0 Å². The number of benzene rings is 2. The Labute approximate surface area is 124 Å². The zero-order valence-corrected chi connectivity index (χ0v) is 11.8. The van der Waals surface area contributed by atoms with Gasteiger partial charge in [0.1, 0.15) is 5.88 Å². The molecule has 0 radical (unpaired) electrons. The van der Waals surface area contributed by atoms with E-state index in [-0.39, 0.29) is 17.8 Å². The molecule has 0 bridgehead atoms. The largest absolute Gasteiger partial charge is 0.376 e. The first kappa shape index (κ1) is 14.4. The smallest absolute Gasteiger partial charge is 0.235 e. The molecule has 1 atom stereocenters. The van der Waals surface area contributed by atoms with Crippen LogP contribution in [-0.4, -0.2) is 18.3 Å². The predicted octanol–water partition coefficient (Wildman–Crippen LogP) is 3.19. The van der Waals surface area contributed by atoms with Gasteiger partial charge in [0.05, 0.1) is 6.04 Å². The van der Waals surface area contributed by atoms with Crippen LogP contribution in [0.1, 0.15) is 11.6 Å². The minimum atomic E-state index is -0.164. The molecular formula is C16H17ClN2O. The minimum Gasteiger partial charge on any atom is -0.376 e. The average molecular weight is 289 g/mol. The summed E-state index contributed by atoms with van der Waals surface area (Å²) in [7, 11) is 0. The van der Waals surface area contributed by atoms with E-state index in [1.165, 1.54) is 0 Å². The van der Waals surface area contributed by atoms with Gasteiger partial charge in [-0.2, -0.15) is 0 Å². The summed E-state index contributed by atoms with van der Waals surface area (Å²) in [4.78, 5) is 11.3. The van der Waals surface area contributed by atoms with E-state index in [9.17, 15) is 4.79 Å². The molecule has 1 amide bonds. The number of carbonyl (C=O) groups excluding carboxylic acids is 1. The van der Waals surface area contributed by atoms with Gasteiger partial charge in [0.15, 0.2) is 0 Å². The zero-order valence-electron chi connectivity index (χ0n) is 11.1. The lowest BCUT2D eigenvalue weighted by Crippen LogP contribution is -2.32. The third-order valence-corrected chi connectivity index (χ3v) is 3.18. The van der Waals surface area contributed by atoms with Gasteiger partial charge < -0.3 is 10.6 Å². The SMILES string of the molecule is O=C(CCl)NCC(Nc1ccccc1)c1ccccc1. The summed E-state index contributed by atoms with van der Waals surface area (Å²) in [5, 5.41) is 6.23. The Balaban J connectivity index is 2.10. The Hall–Kier alpha value is -2.00. The molecule has 0 fully saturated rings. The number of carbonyl (C=O) groups is 1. The van der Waals surface area contributed by atoms with E-state index in [2.05, 4.69) is 10.6 Å². The van der Waals surface area contributed by atoms with Gasteiger partial charge in [-0.1, -0.05) is 48.5 Å². The van der Waals surface area contributed by atoms with Gasteiger partial charge in [0, 0.05) is 12.2 Å². The molecule has 0 saturated carbocycles. The van der Waals surface area contributed by atoms with Crippen LogP contribution >= 0.6 is 11.6 Å². The van der Waals surface area contributed by atoms with Crippen LogP contribution in [0.4, 0.5) is 5.69 Å². The maximum Gasteiger partial charge on any atom is 0.235 e. The maximum absolute atomic E-state index is 11.3. The summed E-state index contributed by atoms with van der Waals surface area (Å²) in [6, 6.07) is 19.9. The third kappa shape index (κ3) is 4.28. The first-order chi connectivity index (χ1) is 9.79. The van der Waals surface area contributed by atoms with Crippen LogP contribution in [0.5, 0.6) is 0 Å². The molecule has 2 aromatic rings. The van der Waals surface area contributed by atoms with Crippen molar-refractivity contribution < 1.29 is 4.79 Å². The van der Waals surface area contributed by atoms with Crippen LogP contribution in [0.3, 0.4) is 0 Å². The number of rotatable bonds is 6. The molecule has 2 aromatic carbocycles. The van der Waals surface area contributed by atoms with Crippen molar-refractivity contribution in [3.8, 4) is 0 Å². The fourth-order valence-electron chi connectivity index (χ4n) is 1.94. The molecule has 0 aliphatic rings. The minimum absolute atomic E-state index is 0.00534. The van der Waals surface area contributed by atoms with Gasteiger partial charge in [-0.3, -0.25) is 4.79 Å². The number of anilines is 1. The molecule has 0 heterocycles. The summed E-state index contributed by atoms with van der Waals surface area (Å²) >= 11 is 5.51. The first-order valence-corrected chi connectivity index (χ1v) is 7.02. The van der Waals surface area contributed by atoms with E-state index in [0.717, 1.165) is 11.3 Å². The summed E-state index contributed by atoms with van der Waals surface area (Å²) in [6.45, 7) is 0.491. The Bertz CT molecular complexity index is 531. The lowest BCUT2D eigenvalue weighted by Gasteiger charge is -2.21.